The Bertz CT molecular complexity index is 508. The molecule has 1 aromatic rings. The van der Waals surface area contributed by atoms with Crippen molar-refractivity contribution in [2.75, 3.05) is 5.73 Å². The molecular weight excluding hydrogens is 254 g/mol. The predicted molar refractivity (Wildman–Crippen MR) is 92.7 cm³/mol. The van der Waals surface area contributed by atoms with Crippen molar-refractivity contribution in [2.24, 2.45) is 0 Å². The van der Waals surface area contributed by atoms with E-state index in [4.69, 9.17) is 5.73 Å². The summed E-state index contributed by atoms with van der Waals surface area (Å²) in [5.74, 6) is 11.9. The topological polar surface area (TPSA) is 26.0 Å². The van der Waals surface area contributed by atoms with Crippen molar-refractivity contribution in [2.45, 2.75) is 64.7 Å². The van der Waals surface area contributed by atoms with Crippen molar-refractivity contribution in [1.82, 2.24) is 0 Å². The van der Waals surface area contributed by atoms with Gasteiger partial charge < -0.3 is 5.73 Å². The Morgan fingerprint density at radius 3 is 2.24 bits per heavy atom. The van der Waals surface area contributed by atoms with Crippen molar-refractivity contribution >= 4 is 5.69 Å². The monoisotopic (exact) mass is 281 g/mol. The van der Waals surface area contributed by atoms with Crippen LogP contribution in [0.25, 0.3) is 0 Å². The van der Waals surface area contributed by atoms with Gasteiger partial charge >= 0.3 is 0 Å². The van der Waals surface area contributed by atoms with Crippen molar-refractivity contribution < 1.29 is 0 Å². The van der Waals surface area contributed by atoms with Gasteiger partial charge in [0.1, 0.15) is 0 Å². The van der Waals surface area contributed by atoms with Gasteiger partial charge in [-0.15, -0.1) is 0 Å². The lowest BCUT2D eigenvalue weighted by Crippen LogP contribution is -1.87. The first-order chi connectivity index (χ1) is 10.3. The van der Waals surface area contributed by atoms with E-state index in [0.29, 0.717) is 0 Å². The SMILES string of the molecule is CCCCCCCCCCC#CC#Cc1ccccc1N. The molecule has 21 heavy (non-hydrogen) atoms. The lowest BCUT2D eigenvalue weighted by atomic mass is 10.1. The number of hydrogen-bond acceptors (Lipinski definition) is 1. The third-order valence-corrected chi connectivity index (χ3v) is 3.46. The molecule has 0 aliphatic heterocycles. The van der Waals surface area contributed by atoms with Crippen LogP contribution in [0.15, 0.2) is 24.3 Å². The van der Waals surface area contributed by atoms with E-state index in [2.05, 4.69) is 30.6 Å². The molecular formula is C20H27N. The fourth-order valence-electron chi connectivity index (χ4n) is 2.16. The lowest BCUT2D eigenvalue weighted by Gasteiger charge is -1.98. The van der Waals surface area contributed by atoms with E-state index in [1.54, 1.807) is 0 Å². The molecule has 1 nitrogen and oxygen atoms in total. The molecule has 0 aliphatic carbocycles. The molecule has 0 saturated carbocycles. The van der Waals surface area contributed by atoms with Crippen LogP contribution in [-0.4, -0.2) is 0 Å². The highest BCUT2D eigenvalue weighted by atomic mass is 14.5. The van der Waals surface area contributed by atoms with Crippen molar-refractivity contribution in [3.05, 3.63) is 29.8 Å². The maximum Gasteiger partial charge on any atom is 0.0485 e. The van der Waals surface area contributed by atoms with Crippen LogP contribution in [0.5, 0.6) is 0 Å². The number of para-hydroxylation sites is 1. The smallest absolute Gasteiger partial charge is 0.0485 e. The normalized spacial score (nSPS) is 9.38. The van der Waals surface area contributed by atoms with Crippen LogP contribution in [0.4, 0.5) is 5.69 Å². The summed E-state index contributed by atoms with van der Waals surface area (Å²) in [6.07, 6.45) is 11.7. The molecule has 112 valence electrons. The third kappa shape index (κ3) is 8.83. The van der Waals surface area contributed by atoms with Gasteiger partial charge in [-0.2, -0.15) is 0 Å². The second kappa shape index (κ2) is 11.9. The summed E-state index contributed by atoms with van der Waals surface area (Å²) in [7, 11) is 0. The Balaban J connectivity index is 2.08. The molecule has 0 amide bonds. The first-order valence-electron chi connectivity index (χ1n) is 8.18. The average Bonchev–Trinajstić information content (AvgIpc) is 2.50. The minimum absolute atomic E-state index is 0.717. The van der Waals surface area contributed by atoms with Gasteiger partial charge in [-0.25, -0.2) is 0 Å². The lowest BCUT2D eigenvalue weighted by molar-refractivity contribution is 0.579. The Morgan fingerprint density at radius 1 is 0.857 bits per heavy atom. The maximum absolute atomic E-state index is 5.81. The van der Waals surface area contributed by atoms with E-state index < -0.39 is 0 Å². The molecule has 0 radical (unpaired) electrons. The molecule has 0 heterocycles. The molecule has 0 fully saturated rings. The Kier molecular flexibility index (Phi) is 9.76. The zero-order valence-corrected chi connectivity index (χ0v) is 13.3. The summed E-state index contributed by atoms with van der Waals surface area (Å²) in [5, 5.41) is 0. The first-order valence-corrected chi connectivity index (χ1v) is 8.18. The van der Waals surface area contributed by atoms with Gasteiger partial charge in [0.05, 0.1) is 0 Å². The second-order valence-electron chi connectivity index (χ2n) is 5.36. The van der Waals surface area contributed by atoms with Crippen LogP contribution < -0.4 is 5.73 Å². The third-order valence-electron chi connectivity index (χ3n) is 3.46. The Hall–Kier alpha value is -1.86. The van der Waals surface area contributed by atoms with E-state index in [-0.39, 0.29) is 0 Å². The molecule has 1 heteroatoms. The highest BCUT2D eigenvalue weighted by molar-refractivity contribution is 5.56. The number of anilines is 1. The summed E-state index contributed by atoms with van der Waals surface area (Å²) in [6, 6.07) is 7.63. The molecule has 2 N–H and O–H groups in total. The largest absolute Gasteiger partial charge is 0.398 e. The van der Waals surface area contributed by atoms with Gasteiger partial charge in [0, 0.05) is 17.7 Å². The minimum Gasteiger partial charge on any atom is -0.398 e. The van der Waals surface area contributed by atoms with Gasteiger partial charge in [-0.05, 0) is 30.4 Å². The van der Waals surface area contributed by atoms with Crippen LogP contribution in [0.1, 0.15) is 70.3 Å². The van der Waals surface area contributed by atoms with Crippen LogP contribution in [0.3, 0.4) is 0 Å². The van der Waals surface area contributed by atoms with E-state index >= 15 is 0 Å². The summed E-state index contributed by atoms with van der Waals surface area (Å²) in [6.45, 7) is 2.26. The molecule has 0 atom stereocenters. The van der Waals surface area contributed by atoms with Gasteiger partial charge in [0.15, 0.2) is 0 Å². The highest BCUT2D eigenvalue weighted by Gasteiger charge is 1.91. The van der Waals surface area contributed by atoms with E-state index in [1.807, 2.05) is 24.3 Å². The summed E-state index contributed by atoms with van der Waals surface area (Å²) < 4.78 is 0. The predicted octanol–water partition coefficient (Wildman–Crippen LogP) is 5.15. The number of benzene rings is 1. The van der Waals surface area contributed by atoms with E-state index in [1.165, 1.54) is 51.4 Å². The van der Waals surface area contributed by atoms with Crippen molar-refractivity contribution in [3.8, 4) is 23.7 Å². The number of nitrogens with two attached hydrogens (primary N) is 1. The number of rotatable bonds is 8. The van der Waals surface area contributed by atoms with Crippen molar-refractivity contribution in [3.63, 3.8) is 0 Å². The highest BCUT2D eigenvalue weighted by Crippen LogP contribution is 2.09. The van der Waals surface area contributed by atoms with Crippen LogP contribution >= 0.6 is 0 Å². The molecule has 0 spiro atoms. The summed E-state index contributed by atoms with van der Waals surface area (Å²) >= 11 is 0. The molecule has 0 unspecified atom stereocenters. The maximum atomic E-state index is 5.81. The van der Waals surface area contributed by atoms with Crippen LogP contribution in [0, 0.1) is 23.7 Å². The number of nitrogen functional groups attached to an aromatic ring is 1. The van der Waals surface area contributed by atoms with E-state index in [9.17, 15) is 0 Å². The number of unbranched alkanes of at least 4 members (excludes halogenated alkanes) is 8. The van der Waals surface area contributed by atoms with Crippen LogP contribution in [0.2, 0.25) is 0 Å². The van der Waals surface area contributed by atoms with Gasteiger partial charge in [0.2, 0.25) is 0 Å². The molecule has 0 aliphatic rings. The molecule has 0 aromatic heterocycles. The minimum atomic E-state index is 0.717. The molecule has 1 aromatic carbocycles. The standard InChI is InChI=1S/C20H27N/c1-2-3-4-5-6-7-8-9-10-11-12-13-16-19-17-14-15-18-20(19)21/h14-15,17-18H,2-10,21H2,1H3. The molecule has 0 saturated heterocycles. The molecule has 0 bridgehead atoms. The zero-order chi connectivity index (χ0) is 15.2. The first kappa shape index (κ1) is 17.2. The number of hydrogen-bond donors (Lipinski definition) is 1. The quantitative estimate of drug-likeness (QED) is 0.398. The van der Waals surface area contributed by atoms with Crippen LogP contribution in [-0.2, 0) is 0 Å². The van der Waals surface area contributed by atoms with Gasteiger partial charge in [0.25, 0.3) is 0 Å². The summed E-state index contributed by atoms with van der Waals surface area (Å²) in [4.78, 5) is 0. The Morgan fingerprint density at radius 2 is 1.52 bits per heavy atom. The second-order valence-corrected chi connectivity index (χ2v) is 5.36. The Labute approximate surface area is 130 Å². The zero-order valence-electron chi connectivity index (χ0n) is 13.3. The fraction of sp³-hybridized carbons (Fsp3) is 0.500. The molecule has 1 rings (SSSR count). The summed E-state index contributed by atoms with van der Waals surface area (Å²) in [5.41, 5.74) is 7.39. The van der Waals surface area contributed by atoms with Crippen molar-refractivity contribution in [1.29, 1.82) is 0 Å². The fourth-order valence-corrected chi connectivity index (χ4v) is 2.16. The average molecular weight is 281 g/mol. The van der Waals surface area contributed by atoms with E-state index in [0.717, 1.165) is 17.7 Å². The van der Waals surface area contributed by atoms with Gasteiger partial charge in [-0.1, -0.05) is 75.8 Å². The van der Waals surface area contributed by atoms with Gasteiger partial charge in [-0.3, -0.25) is 0 Å².